The Hall–Kier alpha value is -3.01. The number of urea groups is 1. The number of aromatic nitrogens is 1. The van der Waals surface area contributed by atoms with E-state index >= 15 is 0 Å². The number of nitrogens with zero attached hydrogens (tertiary/aromatic N) is 2. The molecular weight excluding hydrogens is 367 g/mol. The molecule has 7 heteroatoms. The van der Waals surface area contributed by atoms with Crippen LogP contribution in [-0.2, 0) is 12.7 Å². The summed E-state index contributed by atoms with van der Waals surface area (Å²) in [7, 11) is 0. The predicted molar refractivity (Wildman–Crippen MR) is 100 cm³/mol. The molecule has 2 aromatic rings. The van der Waals surface area contributed by atoms with Gasteiger partial charge in [0.2, 0.25) is 0 Å². The highest BCUT2D eigenvalue weighted by atomic mass is 19.4. The van der Waals surface area contributed by atoms with E-state index in [0.717, 1.165) is 37.1 Å². The summed E-state index contributed by atoms with van der Waals surface area (Å²) in [5.74, 6) is 5.73. The molecule has 1 fully saturated rings. The molecule has 4 nitrogen and oxygen atoms in total. The normalized spacial score (nSPS) is 13.9. The first-order valence-corrected chi connectivity index (χ1v) is 8.99. The van der Waals surface area contributed by atoms with Gasteiger partial charge in [-0.15, -0.1) is 5.92 Å². The van der Waals surface area contributed by atoms with Gasteiger partial charge in [-0.1, -0.05) is 5.92 Å². The average molecular weight is 387 g/mol. The van der Waals surface area contributed by atoms with Crippen LogP contribution in [0, 0.1) is 11.8 Å². The van der Waals surface area contributed by atoms with E-state index in [2.05, 4.69) is 22.1 Å². The zero-order valence-corrected chi connectivity index (χ0v) is 15.4. The second kappa shape index (κ2) is 8.34. The van der Waals surface area contributed by atoms with Crippen LogP contribution in [0.3, 0.4) is 0 Å². The lowest BCUT2D eigenvalue weighted by Crippen LogP contribution is -2.45. The van der Waals surface area contributed by atoms with Crippen LogP contribution in [0.25, 0.3) is 0 Å². The standard InChI is InChI=1S/C21H20F3N3O/c1-2-4-15-7-9-17(10-8-15)26-20(28)27(18-5-3-6-18)14-16-11-12-25-19(13-16)21(22,23)24/h7-13,18H,3,5-6,14H2,1H3,(H,26,28). The Morgan fingerprint density at radius 2 is 1.96 bits per heavy atom. The summed E-state index contributed by atoms with van der Waals surface area (Å²) >= 11 is 0. The molecule has 1 aliphatic carbocycles. The summed E-state index contributed by atoms with van der Waals surface area (Å²) in [6.07, 6.45) is -0.695. The zero-order valence-electron chi connectivity index (χ0n) is 15.4. The van der Waals surface area contributed by atoms with Crippen molar-refractivity contribution in [2.45, 2.75) is 44.9 Å². The highest BCUT2D eigenvalue weighted by molar-refractivity contribution is 5.89. The first-order chi connectivity index (χ1) is 13.4. The summed E-state index contributed by atoms with van der Waals surface area (Å²) < 4.78 is 38.7. The highest BCUT2D eigenvalue weighted by Crippen LogP contribution is 2.30. The minimum Gasteiger partial charge on any atom is -0.317 e. The van der Waals surface area contributed by atoms with Crippen molar-refractivity contribution in [2.75, 3.05) is 5.32 Å². The van der Waals surface area contributed by atoms with Crippen molar-refractivity contribution in [1.29, 1.82) is 0 Å². The maximum absolute atomic E-state index is 12.9. The third-order valence-corrected chi connectivity index (χ3v) is 4.65. The first-order valence-electron chi connectivity index (χ1n) is 8.99. The molecule has 0 spiro atoms. The van der Waals surface area contributed by atoms with E-state index in [4.69, 9.17) is 0 Å². The van der Waals surface area contributed by atoms with Crippen molar-refractivity contribution in [1.82, 2.24) is 9.88 Å². The molecule has 1 saturated carbocycles. The lowest BCUT2D eigenvalue weighted by Gasteiger charge is -2.37. The summed E-state index contributed by atoms with van der Waals surface area (Å²) in [5.41, 5.74) is 0.902. The van der Waals surface area contributed by atoms with Crippen LogP contribution < -0.4 is 5.32 Å². The Morgan fingerprint density at radius 1 is 1.25 bits per heavy atom. The minimum absolute atomic E-state index is 0.0210. The van der Waals surface area contributed by atoms with Gasteiger partial charge in [-0.2, -0.15) is 13.2 Å². The molecule has 0 saturated heterocycles. The number of hydrogen-bond donors (Lipinski definition) is 1. The zero-order chi connectivity index (χ0) is 20.1. The average Bonchev–Trinajstić information content (AvgIpc) is 2.61. The monoisotopic (exact) mass is 387 g/mol. The fraction of sp³-hybridized carbons (Fsp3) is 0.333. The number of amides is 2. The van der Waals surface area contributed by atoms with E-state index < -0.39 is 11.9 Å². The third kappa shape index (κ3) is 4.83. The molecule has 1 N–H and O–H groups in total. The van der Waals surface area contributed by atoms with Crippen molar-refractivity contribution in [3.05, 3.63) is 59.4 Å². The molecule has 0 atom stereocenters. The van der Waals surface area contributed by atoms with Crippen molar-refractivity contribution >= 4 is 11.7 Å². The molecule has 1 aliphatic rings. The van der Waals surface area contributed by atoms with Gasteiger partial charge in [-0.05, 0) is 68.1 Å². The van der Waals surface area contributed by atoms with Crippen LogP contribution in [0.4, 0.5) is 23.7 Å². The largest absolute Gasteiger partial charge is 0.433 e. The summed E-state index contributed by atoms with van der Waals surface area (Å²) in [4.78, 5) is 17.8. The van der Waals surface area contributed by atoms with Crippen molar-refractivity contribution < 1.29 is 18.0 Å². The maximum atomic E-state index is 12.9. The van der Waals surface area contributed by atoms with Crippen LogP contribution in [0.15, 0.2) is 42.6 Å². The quantitative estimate of drug-likeness (QED) is 0.746. The van der Waals surface area contributed by atoms with Crippen LogP contribution in [0.1, 0.15) is 43.0 Å². The number of carbonyl (C=O) groups is 1. The summed E-state index contributed by atoms with van der Waals surface area (Å²) in [5, 5.41) is 2.83. The van der Waals surface area contributed by atoms with E-state index in [-0.39, 0.29) is 18.6 Å². The number of benzene rings is 1. The van der Waals surface area contributed by atoms with Gasteiger partial charge in [0.05, 0.1) is 0 Å². The number of carbonyl (C=O) groups excluding carboxylic acids is 1. The maximum Gasteiger partial charge on any atom is 0.433 e. The molecule has 1 aromatic carbocycles. The smallest absolute Gasteiger partial charge is 0.317 e. The Balaban J connectivity index is 1.74. The number of halogens is 3. The second-order valence-electron chi connectivity index (χ2n) is 6.64. The van der Waals surface area contributed by atoms with E-state index in [9.17, 15) is 18.0 Å². The van der Waals surface area contributed by atoms with Gasteiger partial charge >= 0.3 is 12.2 Å². The summed E-state index contributed by atoms with van der Waals surface area (Å²) in [6, 6.07) is 9.31. The highest BCUT2D eigenvalue weighted by Gasteiger charge is 2.33. The van der Waals surface area contributed by atoms with Gasteiger partial charge in [0.1, 0.15) is 5.69 Å². The number of pyridine rings is 1. The van der Waals surface area contributed by atoms with Gasteiger partial charge in [0.25, 0.3) is 0 Å². The van der Waals surface area contributed by atoms with E-state index in [1.54, 1.807) is 36.1 Å². The molecule has 0 unspecified atom stereocenters. The molecule has 2 amide bonds. The van der Waals surface area contributed by atoms with Crippen LogP contribution in [-0.4, -0.2) is 22.0 Å². The third-order valence-electron chi connectivity index (χ3n) is 4.65. The number of rotatable bonds is 4. The second-order valence-corrected chi connectivity index (χ2v) is 6.64. The van der Waals surface area contributed by atoms with E-state index in [1.165, 1.54) is 6.07 Å². The predicted octanol–water partition coefficient (Wildman–Crippen LogP) is 5.06. The van der Waals surface area contributed by atoms with Gasteiger partial charge in [-0.3, -0.25) is 4.98 Å². The Labute approximate surface area is 161 Å². The summed E-state index contributed by atoms with van der Waals surface area (Å²) in [6.45, 7) is 1.84. The fourth-order valence-corrected chi connectivity index (χ4v) is 2.97. The van der Waals surface area contributed by atoms with E-state index in [0.29, 0.717) is 11.3 Å². The Bertz CT molecular complexity index is 894. The fourth-order valence-electron chi connectivity index (χ4n) is 2.97. The molecule has 3 rings (SSSR count). The van der Waals surface area contributed by atoms with E-state index in [1.807, 2.05) is 0 Å². The van der Waals surface area contributed by atoms with Gasteiger partial charge < -0.3 is 10.2 Å². The van der Waals surface area contributed by atoms with Crippen LogP contribution >= 0.6 is 0 Å². The molecular formula is C21H20F3N3O. The number of nitrogens with one attached hydrogen (secondary N) is 1. The van der Waals surface area contributed by atoms with Crippen molar-refractivity contribution in [3.8, 4) is 11.8 Å². The van der Waals surface area contributed by atoms with Crippen molar-refractivity contribution in [2.24, 2.45) is 0 Å². The lowest BCUT2D eigenvalue weighted by atomic mass is 9.91. The van der Waals surface area contributed by atoms with Gasteiger partial charge in [-0.25, -0.2) is 4.79 Å². The first kappa shape index (κ1) is 19.7. The molecule has 1 heterocycles. The number of hydrogen-bond acceptors (Lipinski definition) is 2. The molecule has 1 aromatic heterocycles. The molecule has 0 bridgehead atoms. The molecule has 0 aliphatic heterocycles. The molecule has 28 heavy (non-hydrogen) atoms. The van der Waals surface area contributed by atoms with Crippen LogP contribution in [0.2, 0.25) is 0 Å². The van der Waals surface area contributed by atoms with Crippen molar-refractivity contribution in [3.63, 3.8) is 0 Å². The van der Waals surface area contributed by atoms with Gasteiger partial charge in [0, 0.05) is 30.0 Å². The molecule has 146 valence electrons. The topological polar surface area (TPSA) is 45.2 Å². The van der Waals surface area contributed by atoms with Gasteiger partial charge in [0.15, 0.2) is 0 Å². The molecule has 0 radical (unpaired) electrons. The number of anilines is 1. The minimum atomic E-state index is -4.51. The Morgan fingerprint density at radius 3 is 2.54 bits per heavy atom. The lowest BCUT2D eigenvalue weighted by molar-refractivity contribution is -0.141. The van der Waals surface area contributed by atoms with Crippen LogP contribution in [0.5, 0.6) is 0 Å². The SMILES string of the molecule is CC#Cc1ccc(NC(=O)N(Cc2ccnc(C(F)(F)F)c2)C2CCC2)cc1. The Kier molecular flexibility index (Phi) is 5.88. The number of alkyl halides is 3.